The molecule has 0 aliphatic heterocycles. The highest BCUT2D eigenvalue weighted by Gasteiger charge is 2.17. The maximum Gasteiger partial charge on any atom is 0.280 e. The van der Waals surface area contributed by atoms with Crippen molar-refractivity contribution < 1.29 is 10.2 Å². The van der Waals surface area contributed by atoms with Gasteiger partial charge in [0.2, 0.25) is 5.95 Å². The molecule has 0 aromatic carbocycles. The van der Waals surface area contributed by atoms with Crippen molar-refractivity contribution in [3.8, 4) is 0 Å². The smallest absolute Gasteiger partial charge is 0.280 e. The first kappa shape index (κ1) is 14.3. The molecule has 0 fully saturated rings. The maximum absolute atomic E-state index is 11.4. The molecule has 0 amide bonds. The standard InChI is InChI=1S/C9H11N5O3.ClH/c1-3(15)6(16)4-2-11-5-7(12-4)13-9(10)14-8(5)17;/h2-3,6,15-16H,1H3,(H3,10,12,13,14,17);1H. The molecule has 8 nitrogen and oxygen atoms in total. The molecule has 2 heterocycles. The number of halogens is 1. The largest absolute Gasteiger partial charge is 0.390 e. The van der Waals surface area contributed by atoms with Crippen LogP contribution in [0.15, 0.2) is 11.0 Å². The normalized spacial score (nSPS) is 13.9. The third-order valence-electron chi connectivity index (χ3n) is 2.22. The van der Waals surface area contributed by atoms with Gasteiger partial charge in [0.25, 0.3) is 5.56 Å². The van der Waals surface area contributed by atoms with Crippen molar-refractivity contribution in [2.75, 3.05) is 5.73 Å². The summed E-state index contributed by atoms with van der Waals surface area (Å²) in [5, 5.41) is 18.8. The van der Waals surface area contributed by atoms with Crippen molar-refractivity contribution in [3.05, 3.63) is 22.2 Å². The van der Waals surface area contributed by atoms with Crippen LogP contribution < -0.4 is 11.3 Å². The summed E-state index contributed by atoms with van der Waals surface area (Å²) in [6, 6.07) is 0. The molecule has 2 aromatic heterocycles. The molecule has 0 spiro atoms. The van der Waals surface area contributed by atoms with Crippen molar-refractivity contribution in [1.29, 1.82) is 0 Å². The van der Waals surface area contributed by atoms with Gasteiger partial charge in [-0.15, -0.1) is 12.4 Å². The van der Waals surface area contributed by atoms with E-state index in [-0.39, 0.29) is 35.2 Å². The first-order valence-corrected chi connectivity index (χ1v) is 4.87. The Hall–Kier alpha value is -1.77. The van der Waals surface area contributed by atoms with E-state index >= 15 is 0 Å². The van der Waals surface area contributed by atoms with Gasteiger partial charge in [-0.25, -0.2) is 9.97 Å². The Balaban J connectivity index is 0.00000162. The Morgan fingerprint density at radius 3 is 2.67 bits per heavy atom. The average Bonchev–Trinajstić information content (AvgIpc) is 2.26. The topological polar surface area (TPSA) is 138 Å². The lowest BCUT2D eigenvalue weighted by molar-refractivity contribution is 0.0278. The molecule has 0 aliphatic carbocycles. The Kier molecular flexibility index (Phi) is 4.17. The number of nitrogens with two attached hydrogens (primary N) is 1. The van der Waals surface area contributed by atoms with E-state index in [1.165, 1.54) is 13.1 Å². The van der Waals surface area contributed by atoms with Gasteiger partial charge >= 0.3 is 0 Å². The number of aliphatic hydroxyl groups is 2. The third kappa shape index (κ3) is 2.55. The van der Waals surface area contributed by atoms with E-state index in [4.69, 9.17) is 5.73 Å². The second kappa shape index (κ2) is 5.25. The Morgan fingerprint density at radius 1 is 1.39 bits per heavy atom. The highest BCUT2D eigenvalue weighted by Crippen LogP contribution is 2.14. The molecule has 0 saturated carbocycles. The first-order valence-electron chi connectivity index (χ1n) is 4.87. The monoisotopic (exact) mass is 273 g/mol. The van der Waals surface area contributed by atoms with Crippen LogP contribution in [-0.2, 0) is 0 Å². The Bertz CT molecular complexity index is 615. The van der Waals surface area contributed by atoms with Gasteiger partial charge in [-0.2, -0.15) is 4.98 Å². The molecule has 18 heavy (non-hydrogen) atoms. The summed E-state index contributed by atoms with van der Waals surface area (Å²) in [6.07, 6.45) is -0.970. The maximum atomic E-state index is 11.4. The van der Waals surface area contributed by atoms with Gasteiger partial charge in [0.15, 0.2) is 11.2 Å². The molecular weight excluding hydrogens is 262 g/mol. The SMILES string of the molecule is CC(O)C(O)c1cnc2c(=O)[nH]c(N)nc2n1.Cl. The predicted octanol–water partition coefficient (Wildman–Crippen LogP) is -0.869. The summed E-state index contributed by atoms with van der Waals surface area (Å²) >= 11 is 0. The molecular formula is C9H12ClN5O3. The molecule has 2 unspecified atom stereocenters. The van der Waals surface area contributed by atoms with E-state index < -0.39 is 17.8 Å². The van der Waals surface area contributed by atoms with Crippen LogP contribution in [0.25, 0.3) is 11.2 Å². The number of aromatic amines is 1. The number of nitrogen functional groups attached to an aromatic ring is 1. The van der Waals surface area contributed by atoms with E-state index in [9.17, 15) is 15.0 Å². The lowest BCUT2D eigenvalue weighted by Gasteiger charge is -2.12. The van der Waals surface area contributed by atoms with E-state index in [1.807, 2.05) is 0 Å². The van der Waals surface area contributed by atoms with Gasteiger partial charge in [0.1, 0.15) is 6.10 Å². The second-order valence-corrected chi connectivity index (χ2v) is 3.60. The van der Waals surface area contributed by atoms with E-state index in [1.54, 1.807) is 0 Å². The quantitative estimate of drug-likeness (QED) is 0.558. The van der Waals surface area contributed by atoms with Crippen LogP contribution in [0.2, 0.25) is 0 Å². The average molecular weight is 274 g/mol. The number of fused-ring (bicyclic) bond motifs is 1. The van der Waals surface area contributed by atoms with Crippen molar-refractivity contribution in [2.45, 2.75) is 19.1 Å². The summed E-state index contributed by atoms with van der Waals surface area (Å²) in [4.78, 5) is 25.3. The van der Waals surface area contributed by atoms with Crippen LogP contribution in [0.3, 0.4) is 0 Å². The van der Waals surface area contributed by atoms with Crippen LogP contribution >= 0.6 is 12.4 Å². The summed E-state index contributed by atoms with van der Waals surface area (Å²) in [5.41, 5.74) is 5.05. The number of hydrogen-bond donors (Lipinski definition) is 4. The molecule has 9 heteroatoms. The Morgan fingerprint density at radius 2 is 2.06 bits per heavy atom. The molecule has 2 atom stereocenters. The van der Waals surface area contributed by atoms with Gasteiger partial charge < -0.3 is 15.9 Å². The summed E-state index contributed by atoms with van der Waals surface area (Å²) in [6.45, 7) is 1.41. The summed E-state index contributed by atoms with van der Waals surface area (Å²) in [7, 11) is 0. The number of aromatic nitrogens is 4. The molecule has 2 rings (SSSR count). The zero-order chi connectivity index (χ0) is 12.6. The minimum absolute atomic E-state index is 0. The van der Waals surface area contributed by atoms with Gasteiger partial charge in [0, 0.05) is 0 Å². The van der Waals surface area contributed by atoms with Crippen molar-refractivity contribution in [1.82, 2.24) is 19.9 Å². The lowest BCUT2D eigenvalue weighted by Crippen LogP contribution is -2.18. The molecule has 0 saturated heterocycles. The van der Waals surface area contributed by atoms with E-state index in [2.05, 4.69) is 19.9 Å². The third-order valence-corrected chi connectivity index (χ3v) is 2.22. The number of hydrogen-bond acceptors (Lipinski definition) is 7. The second-order valence-electron chi connectivity index (χ2n) is 3.60. The number of nitrogens with one attached hydrogen (secondary N) is 1. The number of aliphatic hydroxyl groups excluding tert-OH is 2. The summed E-state index contributed by atoms with van der Waals surface area (Å²) < 4.78 is 0. The van der Waals surface area contributed by atoms with E-state index in [0.717, 1.165) is 0 Å². The van der Waals surface area contributed by atoms with Crippen molar-refractivity contribution >= 4 is 29.5 Å². The number of H-pyrrole nitrogens is 1. The minimum atomic E-state index is -1.19. The van der Waals surface area contributed by atoms with Crippen LogP contribution in [0, 0.1) is 0 Å². The van der Waals surface area contributed by atoms with Crippen LogP contribution in [0.4, 0.5) is 5.95 Å². The molecule has 0 radical (unpaired) electrons. The van der Waals surface area contributed by atoms with Crippen molar-refractivity contribution in [3.63, 3.8) is 0 Å². The summed E-state index contributed by atoms with van der Waals surface area (Å²) in [5.74, 6) is -0.0829. The molecule has 2 aromatic rings. The molecule has 98 valence electrons. The zero-order valence-corrected chi connectivity index (χ0v) is 10.2. The van der Waals surface area contributed by atoms with Gasteiger partial charge in [-0.1, -0.05) is 0 Å². The highest BCUT2D eigenvalue weighted by molar-refractivity contribution is 5.85. The van der Waals surface area contributed by atoms with Crippen LogP contribution in [0.5, 0.6) is 0 Å². The van der Waals surface area contributed by atoms with Crippen molar-refractivity contribution in [2.24, 2.45) is 0 Å². The molecule has 0 aliphatic rings. The van der Waals surface area contributed by atoms with E-state index in [0.29, 0.717) is 0 Å². The van der Waals surface area contributed by atoms with Gasteiger partial charge in [0.05, 0.1) is 18.0 Å². The fourth-order valence-electron chi connectivity index (χ4n) is 1.34. The van der Waals surface area contributed by atoms with Crippen LogP contribution in [0.1, 0.15) is 18.7 Å². The first-order chi connectivity index (χ1) is 7.99. The predicted molar refractivity (Wildman–Crippen MR) is 66.3 cm³/mol. The molecule has 0 bridgehead atoms. The highest BCUT2D eigenvalue weighted by atomic mass is 35.5. The Labute approximate surface area is 107 Å². The van der Waals surface area contributed by atoms with Gasteiger partial charge in [-0.3, -0.25) is 9.78 Å². The number of rotatable bonds is 2. The van der Waals surface area contributed by atoms with Crippen LogP contribution in [-0.4, -0.2) is 36.3 Å². The fraction of sp³-hybridized carbons (Fsp3) is 0.333. The number of anilines is 1. The fourth-order valence-corrected chi connectivity index (χ4v) is 1.34. The minimum Gasteiger partial charge on any atom is -0.390 e. The molecule has 5 N–H and O–H groups in total. The van der Waals surface area contributed by atoms with Gasteiger partial charge in [-0.05, 0) is 6.92 Å². The zero-order valence-electron chi connectivity index (χ0n) is 9.36. The number of nitrogens with zero attached hydrogens (tertiary/aromatic N) is 3. The lowest BCUT2D eigenvalue weighted by atomic mass is 10.2.